The summed E-state index contributed by atoms with van der Waals surface area (Å²) in [4.78, 5) is 2.69. The summed E-state index contributed by atoms with van der Waals surface area (Å²) in [5, 5.41) is 0. The van der Waals surface area contributed by atoms with Crippen molar-refractivity contribution in [3.05, 3.63) is 0 Å². The molecule has 2 N–H and O–H groups in total. The van der Waals surface area contributed by atoms with Gasteiger partial charge in [-0.15, -0.1) is 0 Å². The van der Waals surface area contributed by atoms with Crippen LogP contribution in [0.25, 0.3) is 0 Å². The van der Waals surface area contributed by atoms with Crippen LogP contribution < -0.4 is 5.73 Å². The number of nitrogens with two attached hydrogens (primary N) is 1. The van der Waals surface area contributed by atoms with Crippen LogP contribution in [0.3, 0.4) is 0 Å². The standard InChI is InChI=1S/C15H30N2/c1-11-5-6-14(11)17-9-12(7-13(16)10-17)8-15(2,3)4/h11-14H,5-10,16H2,1-4H3. The summed E-state index contributed by atoms with van der Waals surface area (Å²) >= 11 is 0. The van der Waals surface area contributed by atoms with E-state index < -0.39 is 0 Å². The van der Waals surface area contributed by atoms with Crippen LogP contribution >= 0.6 is 0 Å². The summed E-state index contributed by atoms with van der Waals surface area (Å²) in [7, 11) is 0. The molecule has 2 rings (SSSR count). The molecule has 1 heterocycles. The maximum atomic E-state index is 6.25. The van der Waals surface area contributed by atoms with Crippen molar-refractivity contribution in [3.8, 4) is 0 Å². The minimum Gasteiger partial charge on any atom is -0.327 e. The van der Waals surface area contributed by atoms with Crippen LogP contribution in [0.15, 0.2) is 0 Å². The van der Waals surface area contributed by atoms with Crippen LogP contribution in [-0.2, 0) is 0 Å². The van der Waals surface area contributed by atoms with Gasteiger partial charge in [0.05, 0.1) is 0 Å². The van der Waals surface area contributed by atoms with Crippen LogP contribution in [0.4, 0.5) is 0 Å². The van der Waals surface area contributed by atoms with E-state index in [1.807, 2.05) is 0 Å². The summed E-state index contributed by atoms with van der Waals surface area (Å²) in [6.45, 7) is 11.9. The normalized spacial score (nSPS) is 40.1. The largest absolute Gasteiger partial charge is 0.327 e. The first-order chi connectivity index (χ1) is 7.85. The van der Waals surface area contributed by atoms with E-state index in [4.69, 9.17) is 5.73 Å². The Morgan fingerprint density at radius 3 is 2.35 bits per heavy atom. The van der Waals surface area contributed by atoms with Gasteiger partial charge in [-0.3, -0.25) is 4.90 Å². The Morgan fingerprint density at radius 1 is 1.18 bits per heavy atom. The highest BCUT2D eigenvalue weighted by Gasteiger charge is 2.37. The zero-order chi connectivity index (χ0) is 12.6. The molecule has 17 heavy (non-hydrogen) atoms. The molecule has 0 aromatic rings. The van der Waals surface area contributed by atoms with Gasteiger partial charge in [-0.05, 0) is 42.9 Å². The molecule has 0 radical (unpaired) electrons. The highest BCUT2D eigenvalue weighted by molar-refractivity contribution is 4.92. The van der Waals surface area contributed by atoms with Crippen molar-refractivity contribution >= 4 is 0 Å². The lowest BCUT2D eigenvalue weighted by atomic mass is 9.76. The topological polar surface area (TPSA) is 29.3 Å². The Morgan fingerprint density at radius 2 is 1.88 bits per heavy atom. The monoisotopic (exact) mass is 238 g/mol. The van der Waals surface area contributed by atoms with Gasteiger partial charge in [-0.25, -0.2) is 0 Å². The molecule has 1 saturated heterocycles. The molecule has 0 aromatic heterocycles. The second-order valence-electron chi connectivity index (χ2n) is 7.70. The first-order valence-corrected chi connectivity index (χ1v) is 7.35. The first-order valence-electron chi connectivity index (χ1n) is 7.35. The van der Waals surface area contributed by atoms with Gasteiger partial charge < -0.3 is 5.73 Å². The van der Waals surface area contributed by atoms with Crippen molar-refractivity contribution in [1.82, 2.24) is 4.90 Å². The molecule has 0 amide bonds. The molecule has 0 spiro atoms. The lowest BCUT2D eigenvalue weighted by molar-refractivity contribution is 0.0204. The van der Waals surface area contributed by atoms with Crippen molar-refractivity contribution in [2.24, 2.45) is 23.0 Å². The van der Waals surface area contributed by atoms with E-state index in [2.05, 4.69) is 32.6 Å². The lowest BCUT2D eigenvalue weighted by Crippen LogP contribution is -2.55. The fourth-order valence-corrected chi connectivity index (χ4v) is 3.76. The third-order valence-corrected chi connectivity index (χ3v) is 4.54. The van der Waals surface area contributed by atoms with E-state index in [9.17, 15) is 0 Å². The van der Waals surface area contributed by atoms with E-state index in [-0.39, 0.29) is 0 Å². The highest BCUT2D eigenvalue weighted by Crippen LogP contribution is 2.36. The maximum absolute atomic E-state index is 6.25. The number of piperidine rings is 1. The second kappa shape index (κ2) is 4.89. The Labute approximate surface area is 107 Å². The molecule has 1 aliphatic heterocycles. The quantitative estimate of drug-likeness (QED) is 0.801. The average molecular weight is 238 g/mol. The molecule has 0 bridgehead atoms. The van der Waals surface area contributed by atoms with Gasteiger partial charge in [0.1, 0.15) is 0 Å². The molecule has 2 aliphatic rings. The average Bonchev–Trinajstić information content (AvgIpc) is 2.11. The van der Waals surface area contributed by atoms with Crippen molar-refractivity contribution in [2.75, 3.05) is 13.1 Å². The molecule has 1 aliphatic carbocycles. The van der Waals surface area contributed by atoms with Gasteiger partial charge >= 0.3 is 0 Å². The Hall–Kier alpha value is -0.0800. The van der Waals surface area contributed by atoms with E-state index >= 15 is 0 Å². The van der Waals surface area contributed by atoms with Gasteiger partial charge in [-0.2, -0.15) is 0 Å². The van der Waals surface area contributed by atoms with Crippen LogP contribution in [0.2, 0.25) is 0 Å². The van der Waals surface area contributed by atoms with Crippen LogP contribution in [0, 0.1) is 17.3 Å². The summed E-state index contributed by atoms with van der Waals surface area (Å²) in [6, 6.07) is 1.24. The van der Waals surface area contributed by atoms with E-state index in [1.165, 1.54) is 32.2 Å². The van der Waals surface area contributed by atoms with E-state index in [0.717, 1.165) is 24.4 Å². The van der Waals surface area contributed by atoms with Gasteiger partial charge in [0.15, 0.2) is 0 Å². The molecule has 2 nitrogen and oxygen atoms in total. The first kappa shape index (κ1) is 13.4. The Bertz CT molecular complexity index is 256. The van der Waals surface area contributed by atoms with Gasteiger partial charge in [0.25, 0.3) is 0 Å². The predicted octanol–water partition coefficient (Wildman–Crippen LogP) is 2.87. The number of hydrogen-bond donors (Lipinski definition) is 1. The Kier molecular flexibility index (Phi) is 3.84. The predicted molar refractivity (Wildman–Crippen MR) is 73.9 cm³/mol. The molecule has 4 unspecified atom stereocenters. The molecule has 1 saturated carbocycles. The summed E-state index contributed by atoms with van der Waals surface area (Å²) in [5.41, 5.74) is 6.70. The van der Waals surface area contributed by atoms with Crippen LogP contribution in [-0.4, -0.2) is 30.1 Å². The number of rotatable bonds is 2. The molecular weight excluding hydrogens is 208 g/mol. The van der Waals surface area contributed by atoms with Crippen molar-refractivity contribution in [1.29, 1.82) is 0 Å². The maximum Gasteiger partial charge on any atom is 0.0171 e. The molecular formula is C15H30N2. The lowest BCUT2D eigenvalue weighted by Gasteiger charge is -2.48. The minimum atomic E-state index is 0.406. The van der Waals surface area contributed by atoms with E-state index in [1.54, 1.807) is 0 Å². The van der Waals surface area contributed by atoms with Gasteiger partial charge in [0, 0.05) is 25.2 Å². The molecule has 2 heteroatoms. The van der Waals surface area contributed by atoms with Crippen molar-refractivity contribution in [3.63, 3.8) is 0 Å². The zero-order valence-electron chi connectivity index (χ0n) is 12.1. The zero-order valence-corrected chi connectivity index (χ0v) is 12.1. The van der Waals surface area contributed by atoms with Crippen LogP contribution in [0.5, 0.6) is 0 Å². The Balaban J connectivity index is 1.92. The van der Waals surface area contributed by atoms with Gasteiger partial charge in [0.2, 0.25) is 0 Å². The number of likely N-dealkylation sites (tertiary alicyclic amines) is 1. The minimum absolute atomic E-state index is 0.406. The second-order valence-corrected chi connectivity index (χ2v) is 7.70. The molecule has 100 valence electrons. The number of hydrogen-bond acceptors (Lipinski definition) is 2. The smallest absolute Gasteiger partial charge is 0.0171 e. The fraction of sp³-hybridized carbons (Fsp3) is 1.00. The summed E-state index contributed by atoms with van der Waals surface area (Å²) in [6.07, 6.45) is 5.36. The summed E-state index contributed by atoms with van der Waals surface area (Å²) < 4.78 is 0. The van der Waals surface area contributed by atoms with Gasteiger partial charge in [-0.1, -0.05) is 27.7 Å². The highest BCUT2D eigenvalue weighted by atomic mass is 15.2. The fourth-order valence-electron chi connectivity index (χ4n) is 3.76. The third kappa shape index (κ3) is 3.45. The molecule has 2 fully saturated rings. The van der Waals surface area contributed by atoms with Crippen molar-refractivity contribution in [2.45, 2.75) is 65.5 Å². The number of nitrogens with zero attached hydrogens (tertiary/aromatic N) is 1. The van der Waals surface area contributed by atoms with Crippen LogP contribution in [0.1, 0.15) is 53.4 Å². The summed E-state index contributed by atoms with van der Waals surface area (Å²) in [5.74, 6) is 1.71. The molecule has 0 aromatic carbocycles. The van der Waals surface area contributed by atoms with Crippen molar-refractivity contribution < 1.29 is 0 Å². The SMILES string of the molecule is CC1CCC1N1CC(N)CC(CC(C)(C)C)C1. The molecule has 4 atom stereocenters. The third-order valence-electron chi connectivity index (χ3n) is 4.54. The van der Waals surface area contributed by atoms with E-state index in [0.29, 0.717) is 11.5 Å².